The quantitative estimate of drug-likeness (QED) is 0.199. The van der Waals surface area contributed by atoms with Crippen LogP contribution in [0.3, 0.4) is 0 Å². The second-order valence-corrected chi connectivity index (χ2v) is 8.72. The Kier molecular flexibility index (Phi) is 4.92. The Morgan fingerprint density at radius 3 is 2.17 bits per heavy atom. The number of thiazole rings is 1. The predicted molar refractivity (Wildman–Crippen MR) is 130 cm³/mol. The number of rotatable bonds is 3. The fraction of sp³-hybridized carbons (Fsp3) is 0. The molecule has 5 rings (SSSR count). The van der Waals surface area contributed by atoms with Crippen LogP contribution in [-0.2, 0) is 0 Å². The van der Waals surface area contributed by atoms with Gasteiger partial charge in [-0.25, -0.2) is 4.98 Å². The lowest BCUT2D eigenvalue weighted by molar-refractivity contribution is 1.37. The van der Waals surface area contributed by atoms with E-state index in [2.05, 4.69) is 52.3 Å². The maximum absolute atomic E-state index is 9.94. The van der Waals surface area contributed by atoms with E-state index < -0.39 is 0 Å². The van der Waals surface area contributed by atoms with Crippen LogP contribution in [0.4, 0.5) is 0 Å². The second-order valence-electron chi connectivity index (χ2n) is 6.95. The van der Waals surface area contributed by atoms with Crippen molar-refractivity contribution < 1.29 is 0 Å². The third kappa shape index (κ3) is 3.43. The highest BCUT2D eigenvalue weighted by atomic mass is 79.9. The van der Waals surface area contributed by atoms with Crippen molar-refractivity contribution in [3.05, 3.63) is 99.3 Å². The molecule has 1 heterocycles. The van der Waals surface area contributed by atoms with Crippen LogP contribution in [0.2, 0.25) is 0 Å². The van der Waals surface area contributed by atoms with E-state index in [4.69, 9.17) is 4.98 Å². The average molecular weight is 467 g/mol. The van der Waals surface area contributed by atoms with Gasteiger partial charge in [0.25, 0.3) is 0 Å². The molecule has 0 unspecified atom stereocenters. The van der Waals surface area contributed by atoms with Gasteiger partial charge in [-0.1, -0.05) is 76.6 Å². The molecular weight excluding hydrogens is 452 g/mol. The smallest absolute Gasteiger partial charge is 0.134 e. The molecule has 0 fully saturated rings. The number of nitriles is 1. The topological polar surface area (TPSA) is 36.7 Å². The van der Waals surface area contributed by atoms with Crippen LogP contribution in [0.1, 0.15) is 10.6 Å². The van der Waals surface area contributed by atoms with Crippen LogP contribution in [0.15, 0.2) is 88.7 Å². The van der Waals surface area contributed by atoms with Crippen LogP contribution >= 0.6 is 27.3 Å². The van der Waals surface area contributed by atoms with Gasteiger partial charge in [0, 0.05) is 15.4 Å². The summed E-state index contributed by atoms with van der Waals surface area (Å²) >= 11 is 4.96. The standard InChI is InChI=1S/C26H15BrN2S/c27-21-11-9-17(10-12-21)25-16-30-26(29-25)20(15-28)14-24-22-7-3-1-5-18(22)13-19-6-2-4-8-23(19)24/h1-14,16H/b20-14+. The molecule has 0 spiro atoms. The van der Waals surface area contributed by atoms with Gasteiger partial charge in [-0.05, 0) is 51.4 Å². The fourth-order valence-electron chi connectivity index (χ4n) is 3.64. The molecule has 0 saturated carbocycles. The Labute approximate surface area is 186 Å². The monoisotopic (exact) mass is 466 g/mol. The Balaban J connectivity index is 1.67. The number of hydrogen-bond donors (Lipinski definition) is 0. The highest BCUT2D eigenvalue weighted by Crippen LogP contribution is 2.33. The van der Waals surface area contributed by atoms with Gasteiger partial charge in [0.05, 0.1) is 11.3 Å². The van der Waals surface area contributed by atoms with Crippen LogP contribution in [0.5, 0.6) is 0 Å². The number of allylic oxidation sites excluding steroid dienone is 1. The van der Waals surface area contributed by atoms with E-state index in [1.807, 2.05) is 60.0 Å². The molecule has 4 heteroatoms. The third-order valence-corrected chi connectivity index (χ3v) is 6.50. The van der Waals surface area contributed by atoms with Crippen LogP contribution in [0.25, 0.3) is 44.5 Å². The van der Waals surface area contributed by atoms with Crippen LogP contribution < -0.4 is 0 Å². The zero-order valence-electron chi connectivity index (χ0n) is 15.8. The Morgan fingerprint density at radius 1 is 0.900 bits per heavy atom. The average Bonchev–Trinajstić information content (AvgIpc) is 3.27. The van der Waals surface area contributed by atoms with Crippen molar-refractivity contribution in [3.63, 3.8) is 0 Å². The lowest BCUT2D eigenvalue weighted by Gasteiger charge is -2.08. The minimum absolute atomic E-state index is 0.574. The predicted octanol–water partition coefficient (Wildman–Crippen LogP) is 7.94. The molecule has 2 nitrogen and oxygen atoms in total. The van der Waals surface area contributed by atoms with Gasteiger partial charge in [-0.3, -0.25) is 0 Å². The maximum Gasteiger partial charge on any atom is 0.134 e. The van der Waals surface area contributed by atoms with Crippen molar-refractivity contribution in [2.24, 2.45) is 0 Å². The van der Waals surface area contributed by atoms with Crippen molar-refractivity contribution in [1.29, 1.82) is 5.26 Å². The van der Waals surface area contributed by atoms with Crippen molar-refractivity contribution in [2.45, 2.75) is 0 Å². The van der Waals surface area contributed by atoms with Crippen molar-refractivity contribution in [3.8, 4) is 17.3 Å². The van der Waals surface area contributed by atoms with E-state index in [0.717, 1.165) is 47.8 Å². The van der Waals surface area contributed by atoms with Crippen molar-refractivity contribution in [1.82, 2.24) is 4.98 Å². The van der Waals surface area contributed by atoms with Crippen molar-refractivity contribution >= 4 is 60.5 Å². The molecule has 4 aromatic carbocycles. The normalized spacial score (nSPS) is 11.7. The summed E-state index contributed by atoms with van der Waals surface area (Å²) in [5.74, 6) is 0. The molecule has 0 saturated heterocycles. The van der Waals surface area contributed by atoms with Gasteiger partial charge < -0.3 is 0 Å². The summed E-state index contributed by atoms with van der Waals surface area (Å²) in [5, 5.41) is 17.3. The number of fused-ring (bicyclic) bond motifs is 2. The van der Waals surface area contributed by atoms with Crippen molar-refractivity contribution in [2.75, 3.05) is 0 Å². The molecule has 142 valence electrons. The number of benzene rings is 4. The first-order chi connectivity index (χ1) is 14.7. The summed E-state index contributed by atoms with van der Waals surface area (Å²) in [5.41, 5.74) is 3.55. The van der Waals surface area contributed by atoms with Gasteiger partial charge in [0.1, 0.15) is 11.1 Å². The Hall–Kier alpha value is -3.26. The molecule has 0 aliphatic rings. The van der Waals surface area contributed by atoms with Gasteiger partial charge in [0.15, 0.2) is 0 Å². The van der Waals surface area contributed by atoms with Gasteiger partial charge >= 0.3 is 0 Å². The highest BCUT2D eigenvalue weighted by molar-refractivity contribution is 9.10. The van der Waals surface area contributed by atoms with Crippen LogP contribution in [-0.4, -0.2) is 4.98 Å². The van der Waals surface area contributed by atoms with E-state index in [1.54, 1.807) is 0 Å². The molecule has 0 N–H and O–H groups in total. The summed E-state index contributed by atoms with van der Waals surface area (Å²) < 4.78 is 1.03. The molecule has 0 atom stereocenters. The van der Waals surface area contributed by atoms with E-state index in [0.29, 0.717) is 5.57 Å². The lowest BCUT2D eigenvalue weighted by Crippen LogP contribution is -1.86. The minimum Gasteiger partial charge on any atom is -0.235 e. The van der Waals surface area contributed by atoms with E-state index in [1.165, 1.54) is 11.3 Å². The first kappa shape index (κ1) is 18.7. The molecule has 5 aromatic rings. The lowest BCUT2D eigenvalue weighted by atomic mass is 9.95. The minimum atomic E-state index is 0.574. The molecule has 0 aliphatic carbocycles. The summed E-state index contributed by atoms with van der Waals surface area (Å²) in [6.45, 7) is 0. The fourth-order valence-corrected chi connectivity index (χ4v) is 4.70. The summed E-state index contributed by atoms with van der Waals surface area (Å²) in [4.78, 5) is 4.75. The number of hydrogen-bond acceptors (Lipinski definition) is 3. The molecule has 1 aromatic heterocycles. The van der Waals surface area contributed by atoms with E-state index in [-0.39, 0.29) is 0 Å². The SMILES string of the molecule is N#C/C(=C\c1c2ccccc2cc2ccccc12)c1nc(-c2ccc(Br)cc2)cs1. The third-order valence-electron chi connectivity index (χ3n) is 5.10. The highest BCUT2D eigenvalue weighted by Gasteiger charge is 2.12. The largest absolute Gasteiger partial charge is 0.235 e. The first-order valence-corrected chi connectivity index (χ1v) is 11.1. The zero-order chi connectivity index (χ0) is 20.5. The number of nitrogens with zero attached hydrogens (tertiary/aromatic N) is 2. The van der Waals surface area contributed by atoms with Crippen LogP contribution in [0, 0.1) is 11.3 Å². The molecule has 0 amide bonds. The maximum atomic E-state index is 9.94. The zero-order valence-corrected chi connectivity index (χ0v) is 18.2. The summed E-state index contributed by atoms with van der Waals surface area (Å²) in [6.07, 6.45) is 1.98. The molecule has 30 heavy (non-hydrogen) atoms. The van der Waals surface area contributed by atoms with Gasteiger partial charge in [-0.2, -0.15) is 5.26 Å². The van der Waals surface area contributed by atoms with Gasteiger partial charge in [0.2, 0.25) is 0 Å². The summed E-state index contributed by atoms with van der Waals surface area (Å²) in [6, 6.07) is 29.2. The molecular formula is C26H15BrN2S. The Morgan fingerprint density at radius 2 is 1.53 bits per heavy atom. The molecule has 0 bridgehead atoms. The van der Waals surface area contributed by atoms with E-state index >= 15 is 0 Å². The summed E-state index contributed by atoms with van der Waals surface area (Å²) in [7, 11) is 0. The molecule has 0 aliphatic heterocycles. The second kappa shape index (κ2) is 7.87. The number of aromatic nitrogens is 1. The first-order valence-electron chi connectivity index (χ1n) is 9.47. The number of halogens is 1. The Bertz CT molecular complexity index is 1400. The van der Waals surface area contributed by atoms with E-state index in [9.17, 15) is 5.26 Å². The van der Waals surface area contributed by atoms with Gasteiger partial charge in [-0.15, -0.1) is 11.3 Å². The molecule has 0 radical (unpaired) electrons.